The molecule has 0 aromatic carbocycles. The topological polar surface area (TPSA) is 38.3 Å². The Morgan fingerprint density at radius 1 is 0.773 bits per heavy atom. The van der Waals surface area contributed by atoms with E-state index >= 15 is 0 Å². The Balaban J connectivity index is 3.68. The van der Waals surface area contributed by atoms with Crippen LogP contribution in [-0.4, -0.2) is 38.8 Å². The van der Waals surface area contributed by atoms with Crippen molar-refractivity contribution in [2.24, 2.45) is 0 Å². The molecule has 0 aromatic heterocycles. The standard InChI is InChI=1S/C7HCl4F8NO2/c8-4(12,13)2(5(9,14)15)1(21)20-3(22-2,6(10,16)17)7(11,18)19/h(H,20,21). The summed E-state index contributed by atoms with van der Waals surface area (Å²) in [7, 11) is 0. The summed E-state index contributed by atoms with van der Waals surface area (Å²) in [5.74, 6) is -2.88. The van der Waals surface area contributed by atoms with Crippen LogP contribution in [0.15, 0.2) is 0 Å². The van der Waals surface area contributed by atoms with Crippen molar-refractivity contribution < 1.29 is 44.7 Å². The molecule has 0 atom stereocenters. The molecule has 0 unspecified atom stereocenters. The molecule has 0 bridgehead atoms. The molecule has 1 saturated heterocycles. The highest BCUT2D eigenvalue weighted by atomic mass is 35.5. The predicted octanol–water partition coefficient (Wildman–Crippen LogP) is 3.89. The van der Waals surface area contributed by atoms with E-state index in [1.165, 1.54) is 0 Å². The summed E-state index contributed by atoms with van der Waals surface area (Å²) >= 11 is 17.0. The number of hydrogen-bond acceptors (Lipinski definition) is 2. The Kier molecular flexibility index (Phi) is 4.57. The van der Waals surface area contributed by atoms with E-state index in [9.17, 15) is 39.9 Å². The van der Waals surface area contributed by atoms with Crippen LogP contribution in [0.25, 0.3) is 0 Å². The Labute approximate surface area is 135 Å². The van der Waals surface area contributed by atoms with Crippen LogP contribution in [0.2, 0.25) is 0 Å². The van der Waals surface area contributed by atoms with Crippen molar-refractivity contribution in [1.82, 2.24) is 5.32 Å². The van der Waals surface area contributed by atoms with Gasteiger partial charge in [0.15, 0.2) is 0 Å². The van der Waals surface area contributed by atoms with Crippen LogP contribution in [0, 0.1) is 0 Å². The van der Waals surface area contributed by atoms with Crippen molar-refractivity contribution in [1.29, 1.82) is 0 Å². The third-order valence-electron chi connectivity index (χ3n) is 2.51. The van der Waals surface area contributed by atoms with Crippen LogP contribution in [0.3, 0.4) is 0 Å². The van der Waals surface area contributed by atoms with Gasteiger partial charge in [-0.05, 0) is 46.4 Å². The lowest BCUT2D eigenvalue weighted by molar-refractivity contribution is -0.312. The molecule has 130 valence electrons. The minimum absolute atomic E-state index is 0.397. The first-order valence-electron chi connectivity index (χ1n) is 4.63. The quantitative estimate of drug-likeness (QED) is 0.549. The predicted molar refractivity (Wildman–Crippen MR) is 57.9 cm³/mol. The fourth-order valence-corrected chi connectivity index (χ4v) is 2.49. The van der Waals surface area contributed by atoms with Crippen LogP contribution in [0.1, 0.15) is 0 Å². The monoisotopic (exact) mass is 423 g/mol. The van der Waals surface area contributed by atoms with Gasteiger partial charge in [-0.25, -0.2) is 0 Å². The second kappa shape index (κ2) is 5.01. The molecule has 15 heteroatoms. The normalized spacial score (nSPS) is 22.6. The van der Waals surface area contributed by atoms with Crippen molar-refractivity contribution in [3.63, 3.8) is 0 Å². The van der Waals surface area contributed by atoms with Crippen LogP contribution >= 0.6 is 46.4 Å². The lowest BCUT2D eigenvalue weighted by atomic mass is 10.1. The highest BCUT2D eigenvalue weighted by Crippen LogP contribution is 2.59. The van der Waals surface area contributed by atoms with E-state index in [1.807, 2.05) is 0 Å². The first-order chi connectivity index (χ1) is 9.33. The molecule has 0 saturated carbocycles. The van der Waals surface area contributed by atoms with Gasteiger partial charge in [-0.1, -0.05) is 0 Å². The molecule has 1 rings (SSSR count). The summed E-state index contributed by atoms with van der Waals surface area (Å²) < 4.78 is 109. The molecular formula is C7HCl4F8NO2. The van der Waals surface area contributed by atoms with E-state index in [0.717, 1.165) is 0 Å². The smallest absolute Gasteiger partial charge is 0.313 e. The van der Waals surface area contributed by atoms with Crippen molar-refractivity contribution >= 4 is 52.3 Å². The first kappa shape index (κ1) is 20.1. The number of ether oxygens (including phenoxy) is 1. The first-order valence-corrected chi connectivity index (χ1v) is 6.14. The minimum Gasteiger partial charge on any atom is -0.313 e. The van der Waals surface area contributed by atoms with Crippen molar-refractivity contribution in [2.45, 2.75) is 32.9 Å². The van der Waals surface area contributed by atoms with E-state index in [2.05, 4.69) is 51.1 Å². The zero-order chi connectivity index (χ0) is 18.0. The summed E-state index contributed by atoms with van der Waals surface area (Å²) in [5, 5.41) is -21.4. The van der Waals surface area contributed by atoms with Gasteiger partial charge in [-0.15, -0.1) is 0 Å². The highest BCUT2D eigenvalue weighted by molar-refractivity contribution is 6.31. The highest BCUT2D eigenvalue weighted by Gasteiger charge is 2.87. The Bertz CT molecular complexity index is 451. The number of halogens is 12. The maximum Gasteiger partial charge on any atom is 0.376 e. The average molecular weight is 425 g/mol. The van der Waals surface area contributed by atoms with Crippen molar-refractivity contribution in [2.75, 3.05) is 0 Å². The van der Waals surface area contributed by atoms with Gasteiger partial charge in [0.1, 0.15) is 0 Å². The van der Waals surface area contributed by atoms with Gasteiger partial charge in [0, 0.05) is 0 Å². The maximum atomic E-state index is 13.2. The number of nitrogens with one attached hydrogen (secondary N) is 1. The van der Waals surface area contributed by atoms with Crippen LogP contribution in [-0.2, 0) is 9.53 Å². The van der Waals surface area contributed by atoms with E-state index < -0.39 is 38.8 Å². The molecule has 1 heterocycles. The van der Waals surface area contributed by atoms with Gasteiger partial charge in [0.05, 0.1) is 0 Å². The third-order valence-corrected chi connectivity index (χ3v) is 3.58. The van der Waals surface area contributed by atoms with E-state index in [0.29, 0.717) is 5.32 Å². The number of hydrogen-bond donors (Lipinski definition) is 1. The number of carbonyl (C=O) groups is 1. The number of rotatable bonds is 4. The molecule has 3 nitrogen and oxygen atoms in total. The molecule has 0 aromatic rings. The zero-order valence-corrected chi connectivity index (χ0v) is 12.4. The SMILES string of the molecule is O=C1NC(C(F)(F)Cl)(C(F)(F)Cl)OC1(C(F)(F)Cl)C(F)(F)Cl. The van der Waals surface area contributed by atoms with Gasteiger partial charge in [0.2, 0.25) is 0 Å². The van der Waals surface area contributed by atoms with E-state index in [-0.39, 0.29) is 0 Å². The number of amides is 1. The number of alkyl halides is 12. The molecule has 1 N–H and O–H groups in total. The largest absolute Gasteiger partial charge is 0.376 e. The Morgan fingerprint density at radius 2 is 1.09 bits per heavy atom. The lowest BCUT2D eigenvalue weighted by Gasteiger charge is -2.38. The summed E-state index contributed by atoms with van der Waals surface area (Å²) in [6.45, 7) is 0. The zero-order valence-electron chi connectivity index (χ0n) is 9.35. The second-order valence-corrected chi connectivity index (χ2v) is 5.81. The van der Waals surface area contributed by atoms with E-state index in [4.69, 9.17) is 0 Å². The fourth-order valence-electron chi connectivity index (χ4n) is 1.50. The van der Waals surface area contributed by atoms with Crippen molar-refractivity contribution in [3.8, 4) is 0 Å². The molecule has 1 aliphatic heterocycles. The van der Waals surface area contributed by atoms with Gasteiger partial charge in [-0.2, -0.15) is 35.1 Å². The van der Waals surface area contributed by atoms with Crippen molar-refractivity contribution in [3.05, 3.63) is 0 Å². The van der Waals surface area contributed by atoms with Gasteiger partial charge in [-0.3, -0.25) is 4.79 Å². The summed E-state index contributed by atoms with van der Waals surface area (Å²) in [6, 6.07) is 0. The summed E-state index contributed by atoms with van der Waals surface area (Å²) in [6.07, 6.45) is 0. The Hall–Kier alpha value is 0.0300. The fraction of sp³-hybridized carbons (Fsp3) is 0.857. The van der Waals surface area contributed by atoms with Crippen LogP contribution < -0.4 is 5.32 Å². The molecule has 1 fully saturated rings. The summed E-state index contributed by atoms with van der Waals surface area (Å²) in [4.78, 5) is 11.3. The average Bonchev–Trinajstić information content (AvgIpc) is 2.49. The molecule has 0 radical (unpaired) electrons. The lowest BCUT2D eigenvalue weighted by Crippen LogP contribution is -2.65. The third kappa shape index (κ3) is 2.58. The molecule has 1 amide bonds. The van der Waals surface area contributed by atoms with Gasteiger partial charge >= 0.3 is 32.9 Å². The van der Waals surface area contributed by atoms with Gasteiger partial charge < -0.3 is 10.1 Å². The van der Waals surface area contributed by atoms with Crippen LogP contribution in [0.5, 0.6) is 0 Å². The van der Waals surface area contributed by atoms with Crippen LogP contribution in [0.4, 0.5) is 35.1 Å². The molecule has 0 aliphatic carbocycles. The molecule has 0 spiro atoms. The molecule has 1 aliphatic rings. The summed E-state index contributed by atoms with van der Waals surface area (Å²) in [5.41, 5.74) is -10.1. The minimum atomic E-state index is -5.51. The second-order valence-electron chi connectivity index (χ2n) is 3.91. The molecule has 22 heavy (non-hydrogen) atoms. The number of carbonyl (C=O) groups excluding carboxylic acids is 1. The van der Waals surface area contributed by atoms with Gasteiger partial charge in [0.25, 0.3) is 5.91 Å². The van der Waals surface area contributed by atoms with E-state index in [1.54, 1.807) is 0 Å². The molecular weight excluding hydrogens is 424 g/mol. The maximum absolute atomic E-state index is 13.2. The Morgan fingerprint density at radius 3 is 1.23 bits per heavy atom.